The van der Waals surface area contributed by atoms with Gasteiger partial charge in [-0.2, -0.15) is 0 Å². The fourth-order valence-electron chi connectivity index (χ4n) is 0.678. The van der Waals surface area contributed by atoms with Crippen LogP contribution in [0.4, 0.5) is 0 Å². The second-order valence-electron chi connectivity index (χ2n) is 2.72. The summed E-state index contributed by atoms with van der Waals surface area (Å²) in [5.74, 6) is 5.48. The monoisotopic (exact) mass is 168 g/mol. The Bertz CT molecular complexity index is 188. The molecule has 0 saturated heterocycles. The minimum absolute atomic E-state index is 0.0232. The van der Waals surface area contributed by atoms with Crippen LogP contribution < -0.4 is 11.1 Å². The summed E-state index contributed by atoms with van der Waals surface area (Å²) in [4.78, 5) is 11.0. The Balaban J connectivity index is 3.38. The largest absolute Gasteiger partial charge is 0.345 e. The van der Waals surface area contributed by atoms with Gasteiger partial charge in [-0.1, -0.05) is 5.92 Å². The number of hydrogen-bond acceptors (Lipinski definition) is 2. The first kappa shape index (κ1) is 11.0. The molecule has 0 aliphatic rings. The predicted molar refractivity (Wildman–Crippen MR) is 49.3 cm³/mol. The van der Waals surface area contributed by atoms with E-state index in [1.165, 1.54) is 0 Å². The molecule has 3 heteroatoms. The summed E-state index contributed by atoms with van der Waals surface area (Å²) in [5, 5.41) is 2.67. The standard InChI is InChI=1S/C9H16N2O/c1-3-4-7-11-9(12)6-5-8(2)10/h8H,5-7,10H2,1-2H3,(H,11,12). The van der Waals surface area contributed by atoms with Crippen LogP contribution in [0, 0.1) is 11.8 Å². The van der Waals surface area contributed by atoms with Gasteiger partial charge in [-0.3, -0.25) is 4.79 Å². The Morgan fingerprint density at radius 3 is 2.83 bits per heavy atom. The van der Waals surface area contributed by atoms with E-state index in [9.17, 15) is 4.79 Å². The molecule has 0 aliphatic carbocycles. The van der Waals surface area contributed by atoms with E-state index in [0.29, 0.717) is 13.0 Å². The fourth-order valence-corrected chi connectivity index (χ4v) is 0.678. The molecule has 0 aromatic heterocycles. The Morgan fingerprint density at radius 2 is 2.33 bits per heavy atom. The molecular formula is C9H16N2O. The van der Waals surface area contributed by atoms with Gasteiger partial charge in [-0.15, -0.1) is 5.92 Å². The molecule has 1 atom stereocenters. The second kappa shape index (κ2) is 6.68. The quantitative estimate of drug-likeness (QED) is 0.591. The highest BCUT2D eigenvalue weighted by molar-refractivity contribution is 5.76. The Kier molecular flexibility index (Phi) is 6.12. The lowest BCUT2D eigenvalue weighted by atomic mass is 10.2. The summed E-state index contributed by atoms with van der Waals surface area (Å²) in [7, 11) is 0. The highest BCUT2D eigenvalue weighted by atomic mass is 16.1. The van der Waals surface area contributed by atoms with Crippen LogP contribution >= 0.6 is 0 Å². The lowest BCUT2D eigenvalue weighted by Crippen LogP contribution is -2.26. The molecule has 12 heavy (non-hydrogen) atoms. The van der Waals surface area contributed by atoms with Crippen molar-refractivity contribution in [3.63, 3.8) is 0 Å². The van der Waals surface area contributed by atoms with Crippen molar-refractivity contribution in [1.82, 2.24) is 5.32 Å². The van der Waals surface area contributed by atoms with E-state index in [0.717, 1.165) is 6.42 Å². The maximum Gasteiger partial charge on any atom is 0.220 e. The van der Waals surface area contributed by atoms with Crippen LogP contribution in [0.15, 0.2) is 0 Å². The molecule has 0 spiro atoms. The van der Waals surface area contributed by atoms with E-state index in [-0.39, 0.29) is 11.9 Å². The van der Waals surface area contributed by atoms with E-state index in [2.05, 4.69) is 17.2 Å². The molecule has 0 aromatic rings. The lowest BCUT2D eigenvalue weighted by molar-refractivity contribution is -0.121. The Labute approximate surface area is 73.7 Å². The number of rotatable bonds is 4. The van der Waals surface area contributed by atoms with Crippen LogP contribution in [0.1, 0.15) is 26.7 Å². The van der Waals surface area contributed by atoms with Crippen molar-refractivity contribution in [3.05, 3.63) is 0 Å². The molecule has 3 N–H and O–H groups in total. The highest BCUT2D eigenvalue weighted by Gasteiger charge is 2.00. The number of hydrogen-bond donors (Lipinski definition) is 2. The minimum atomic E-state index is 0.0232. The molecule has 0 radical (unpaired) electrons. The molecule has 1 unspecified atom stereocenters. The number of carbonyl (C=O) groups is 1. The molecule has 0 aliphatic heterocycles. The maximum absolute atomic E-state index is 11.0. The zero-order chi connectivity index (χ0) is 9.40. The molecule has 0 aromatic carbocycles. The van der Waals surface area contributed by atoms with Gasteiger partial charge in [0.05, 0.1) is 6.54 Å². The second-order valence-corrected chi connectivity index (χ2v) is 2.72. The molecule has 3 nitrogen and oxygen atoms in total. The van der Waals surface area contributed by atoms with Gasteiger partial charge >= 0.3 is 0 Å². The van der Waals surface area contributed by atoms with Crippen molar-refractivity contribution in [2.24, 2.45) is 5.73 Å². The first-order valence-electron chi connectivity index (χ1n) is 4.08. The smallest absolute Gasteiger partial charge is 0.220 e. The first-order chi connectivity index (χ1) is 5.66. The van der Waals surface area contributed by atoms with Gasteiger partial charge in [0.25, 0.3) is 0 Å². The zero-order valence-corrected chi connectivity index (χ0v) is 7.68. The summed E-state index contributed by atoms with van der Waals surface area (Å²) < 4.78 is 0. The van der Waals surface area contributed by atoms with E-state index >= 15 is 0 Å². The van der Waals surface area contributed by atoms with Crippen molar-refractivity contribution in [3.8, 4) is 11.8 Å². The molecule has 0 bridgehead atoms. The summed E-state index contributed by atoms with van der Waals surface area (Å²) in [5.41, 5.74) is 5.49. The van der Waals surface area contributed by atoms with Crippen molar-refractivity contribution in [1.29, 1.82) is 0 Å². The van der Waals surface area contributed by atoms with Crippen LogP contribution in [-0.2, 0) is 4.79 Å². The normalized spacial score (nSPS) is 11.2. The highest BCUT2D eigenvalue weighted by Crippen LogP contribution is 1.91. The number of nitrogens with one attached hydrogen (secondary N) is 1. The van der Waals surface area contributed by atoms with Crippen LogP contribution in [-0.4, -0.2) is 18.5 Å². The average Bonchev–Trinajstić information content (AvgIpc) is 2.01. The Hall–Kier alpha value is -1.01. The molecule has 0 saturated carbocycles. The maximum atomic E-state index is 11.0. The molecule has 68 valence electrons. The van der Waals surface area contributed by atoms with Gasteiger partial charge in [0, 0.05) is 12.5 Å². The molecular weight excluding hydrogens is 152 g/mol. The molecule has 1 amide bonds. The van der Waals surface area contributed by atoms with Crippen LogP contribution in [0.5, 0.6) is 0 Å². The Morgan fingerprint density at radius 1 is 1.67 bits per heavy atom. The fraction of sp³-hybridized carbons (Fsp3) is 0.667. The van der Waals surface area contributed by atoms with E-state index in [4.69, 9.17) is 5.73 Å². The number of amides is 1. The van der Waals surface area contributed by atoms with E-state index < -0.39 is 0 Å². The topological polar surface area (TPSA) is 55.1 Å². The summed E-state index contributed by atoms with van der Waals surface area (Å²) in [6.45, 7) is 4.07. The third-order valence-electron chi connectivity index (χ3n) is 1.38. The van der Waals surface area contributed by atoms with E-state index in [1.807, 2.05) is 6.92 Å². The van der Waals surface area contributed by atoms with Gasteiger partial charge in [0.1, 0.15) is 0 Å². The summed E-state index contributed by atoms with van der Waals surface area (Å²) >= 11 is 0. The summed E-state index contributed by atoms with van der Waals surface area (Å²) in [6.07, 6.45) is 1.22. The number of carbonyl (C=O) groups excluding carboxylic acids is 1. The van der Waals surface area contributed by atoms with E-state index in [1.54, 1.807) is 6.92 Å². The van der Waals surface area contributed by atoms with Gasteiger partial charge in [-0.05, 0) is 20.3 Å². The lowest BCUT2D eigenvalue weighted by Gasteiger charge is -2.03. The van der Waals surface area contributed by atoms with Crippen LogP contribution in [0.25, 0.3) is 0 Å². The van der Waals surface area contributed by atoms with Gasteiger partial charge < -0.3 is 11.1 Å². The van der Waals surface area contributed by atoms with Crippen molar-refractivity contribution in [2.75, 3.05) is 6.54 Å². The average molecular weight is 168 g/mol. The van der Waals surface area contributed by atoms with Gasteiger partial charge in [0.2, 0.25) is 5.91 Å². The van der Waals surface area contributed by atoms with Crippen molar-refractivity contribution in [2.45, 2.75) is 32.7 Å². The molecule has 0 fully saturated rings. The SMILES string of the molecule is CC#CCNC(=O)CCC(C)N. The third kappa shape index (κ3) is 7.10. The molecule has 0 rings (SSSR count). The first-order valence-corrected chi connectivity index (χ1v) is 4.08. The van der Waals surface area contributed by atoms with Crippen molar-refractivity contribution < 1.29 is 4.79 Å². The molecule has 0 heterocycles. The van der Waals surface area contributed by atoms with Gasteiger partial charge in [-0.25, -0.2) is 0 Å². The third-order valence-corrected chi connectivity index (χ3v) is 1.38. The zero-order valence-electron chi connectivity index (χ0n) is 7.68. The van der Waals surface area contributed by atoms with Crippen molar-refractivity contribution >= 4 is 5.91 Å². The van der Waals surface area contributed by atoms with Crippen LogP contribution in [0.3, 0.4) is 0 Å². The van der Waals surface area contributed by atoms with Crippen LogP contribution in [0.2, 0.25) is 0 Å². The van der Waals surface area contributed by atoms with Gasteiger partial charge in [0.15, 0.2) is 0 Å². The predicted octanol–water partition coefficient (Wildman–Crippen LogP) is 0.253. The number of nitrogens with two attached hydrogens (primary N) is 1. The summed E-state index contributed by atoms with van der Waals surface area (Å²) in [6, 6.07) is 0.0907. The minimum Gasteiger partial charge on any atom is -0.345 e.